The minimum atomic E-state index is 0.546. The highest BCUT2D eigenvalue weighted by atomic mass is 32.1. The van der Waals surface area contributed by atoms with Crippen molar-refractivity contribution in [3.05, 3.63) is 40.1 Å². The number of thiophene rings is 1. The van der Waals surface area contributed by atoms with E-state index in [1.807, 2.05) is 25.2 Å². The Hall–Kier alpha value is -1.72. The fourth-order valence-electron chi connectivity index (χ4n) is 1.79. The van der Waals surface area contributed by atoms with Crippen LogP contribution in [0.2, 0.25) is 0 Å². The second-order valence-electron chi connectivity index (χ2n) is 4.24. The summed E-state index contributed by atoms with van der Waals surface area (Å²) in [4.78, 5) is 2.49. The number of rotatable bonds is 7. The molecule has 0 aliphatic rings. The molecule has 1 aromatic heterocycles. The molecule has 0 aliphatic carbocycles. The topological polar surface area (TPSA) is 39.7 Å². The normalized spacial score (nSPS) is 10.3. The zero-order valence-corrected chi connectivity index (χ0v) is 12.8. The Morgan fingerprint density at radius 3 is 2.15 bits per heavy atom. The summed E-state index contributed by atoms with van der Waals surface area (Å²) in [6.45, 7) is 1.43. The zero-order chi connectivity index (χ0) is 14.4. The van der Waals surface area contributed by atoms with Crippen LogP contribution in [0.4, 0.5) is 0 Å². The Morgan fingerprint density at radius 2 is 1.55 bits per heavy atom. The van der Waals surface area contributed by atoms with Crippen LogP contribution in [0.3, 0.4) is 0 Å². The maximum atomic E-state index is 5.80. The van der Waals surface area contributed by atoms with Crippen LogP contribution in [0.25, 0.3) is 0 Å². The Morgan fingerprint density at radius 1 is 0.950 bits per heavy atom. The van der Waals surface area contributed by atoms with Gasteiger partial charge in [-0.15, -0.1) is 11.3 Å². The lowest BCUT2D eigenvalue weighted by Crippen LogP contribution is -2.02. The SMILES string of the molecule is CNCc1ccc(COc2cc(OC)cc(OC)c2)s1. The van der Waals surface area contributed by atoms with Crippen molar-refractivity contribution >= 4 is 11.3 Å². The minimum Gasteiger partial charge on any atom is -0.496 e. The van der Waals surface area contributed by atoms with Gasteiger partial charge in [-0.25, -0.2) is 0 Å². The summed E-state index contributed by atoms with van der Waals surface area (Å²) in [5.41, 5.74) is 0. The molecule has 0 saturated heterocycles. The molecule has 4 nitrogen and oxygen atoms in total. The van der Waals surface area contributed by atoms with Crippen LogP contribution < -0.4 is 19.5 Å². The third kappa shape index (κ3) is 3.88. The largest absolute Gasteiger partial charge is 0.496 e. The molecular weight excluding hydrogens is 274 g/mol. The molecule has 0 fully saturated rings. The van der Waals surface area contributed by atoms with Gasteiger partial charge in [-0.05, 0) is 19.2 Å². The first-order valence-electron chi connectivity index (χ1n) is 6.33. The lowest BCUT2D eigenvalue weighted by molar-refractivity contribution is 0.303. The van der Waals surface area contributed by atoms with Crippen molar-refractivity contribution in [3.63, 3.8) is 0 Å². The summed E-state index contributed by atoms with van der Waals surface area (Å²) >= 11 is 1.75. The van der Waals surface area contributed by atoms with E-state index in [4.69, 9.17) is 14.2 Å². The molecule has 0 spiro atoms. The number of ether oxygens (including phenoxy) is 3. The van der Waals surface area contributed by atoms with E-state index in [-0.39, 0.29) is 0 Å². The summed E-state index contributed by atoms with van der Waals surface area (Å²) in [5.74, 6) is 2.19. The summed E-state index contributed by atoms with van der Waals surface area (Å²) in [5, 5.41) is 3.14. The average molecular weight is 293 g/mol. The quantitative estimate of drug-likeness (QED) is 0.851. The highest BCUT2D eigenvalue weighted by Crippen LogP contribution is 2.28. The van der Waals surface area contributed by atoms with E-state index in [1.165, 1.54) is 9.75 Å². The van der Waals surface area contributed by atoms with Gasteiger partial charge in [0.25, 0.3) is 0 Å². The number of benzene rings is 1. The molecule has 0 unspecified atom stereocenters. The molecule has 1 N–H and O–H groups in total. The van der Waals surface area contributed by atoms with E-state index >= 15 is 0 Å². The van der Waals surface area contributed by atoms with Gasteiger partial charge in [0.1, 0.15) is 23.9 Å². The van der Waals surface area contributed by atoms with Crippen molar-refractivity contribution in [2.24, 2.45) is 0 Å². The van der Waals surface area contributed by atoms with Crippen LogP contribution >= 0.6 is 11.3 Å². The first-order chi connectivity index (χ1) is 9.75. The second-order valence-corrected chi connectivity index (χ2v) is 5.49. The number of hydrogen-bond acceptors (Lipinski definition) is 5. The Labute approximate surface area is 123 Å². The predicted octanol–water partition coefficient (Wildman–Crippen LogP) is 3.06. The van der Waals surface area contributed by atoms with Crippen molar-refractivity contribution in [1.82, 2.24) is 5.32 Å². The van der Waals surface area contributed by atoms with Gasteiger partial charge in [0, 0.05) is 34.5 Å². The van der Waals surface area contributed by atoms with Gasteiger partial charge in [0.15, 0.2) is 0 Å². The van der Waals surface area contributed by atoms with Crippen LogP contribution in [0, 0.1) is 0 Å². The number of nitrogens with one attached hydrogen (secondary N) is 1. The fourth-order valence-corrected chi connectivity index (χ4v) is 2.73. The highest BCUT2D eigenvalue weighted by molar-refractivity contribution is 7.11. The van der Waals surface area contributed by atoms with E-state index in [1.54, 1.807) is 25.6 Å². The molecular formula is C15H19NO3S. The van der Waals surface area contributed by atoms with Gasteiger partial charge in [-0.3, -0.25) is 0 Å². The molecule has 20 heavy (non-hydrogen) atoms. The molecule has 0 radical (unpaired) electrons. The summed E-state index contributed by atoms with van der Waals surface area (Å²) in [6, 6.07) is 9.74. The lowest BCUT2D eigenvalue weighted by Gasteiger charge is -2.09. The maximum Gasteiger partial charge on any atom is 0.127 e. The van der Waals surface area contributed by atoms with E-state index in [0.29, 0.717) is 6.61 Å². The van der Waals surface area contributed by atoms with Gasteiger partial charge in [0.05, 0.1) is 14.2 Å². The molecule has 0 bridgehead atoms. The van der Waals surface area contributed by atoms with E-state index in [9.17, 15) is 0 Å². The van der Waals surface area contributed by atoms with Crippen LogP contribution in [-0.4, -0.2) is 21.3 Å². The third-order valence-electron chi connectivity index (χ3n) is 2.77. The molecule has 2 aromatic rings. The van der Waals surface area contributed by atoms with Gasteiger partial charge in [0.2, 0.25) is 0 Å². The lowest BCUT2D eigenvalue weighted by atomic mass is 10.3. The zero-order valence-electron chi connectivity index (χ0n) is 11.9. The van der Waals surface area contributed by atoms with Crippen LogP contribution in [0.5, 0.6) is 17.2 Å². The standard InChI is InChI=1S/C15H19NO3S/c1-16-9-14-4-5-15(20-14)10-19-13-7-11(17-2)6-12(8-13)18-3/h4-8,16H,9-10H2,1-3H3. The highest BCUT2D eigenvalue weighted by Gasteiger charge is 2.05. The first-order valence-corrected chi connectivity index (χ1v) is 7.15. The summed E-state index contributed by atoms with van der Waals surface area (Å²) in [7, 11) is 5.20. The van der Waals surface area contributed by atoms with Gasteiger partial charge in [-0.2, -0.15) is 0 Å². The molecule has 2 rings (SSSR count). The smallest absolute Gasteiger partial charge is 0.127 e. The number of methoxy groups -OCH3 is 2. The molecule has 0 amide bonds. The Kier molecular flexibility index (Phi) is 5.26. The van der Waals surface area contributed by atoms with E-state index < -0.39 is 0 Å². The first kappa shape index (κ1) is 14.7. The van der Waals surface area contributed by atoms with Crippen LogP contribution in [-0.2, 0) is 13.2 Å². The number of hydrogen-bond donors (Lipinski definition) is 1. The van der Waals surface area contributed by atoms with Crippen molar-refractivity contribution in [1.29, 1.82) is 0 Å². The average Bonchev–Trinajstić information content (AvgIpc) is 2.93. The maximum absolute atomic E-state index is 5.80. The van der Waals surface area contributed by atoms with E-state index in [2.05, 4.69) is 17.4 Å². The van der Waals surface area contributed by atoms with Gasteiger partial charge >= 0.3 is 0 Å². The van der Waals surface area contributed by atoms with E-state index in [0.717, 1.165) is 23.8 Å². The van der Waals surface area contributed by atoms with Gasteiger partial charge in [-0.1, -0.05) is 0 Å². The van der Waals surface area contributed by atoms with Crippen molar-refractivity contribution in [3.8, 4) is 17.2 Å². The van der Waals surface area contributed by atoms with Crippen molar-refractivity contribution in [2.45, 2.75) is 13.2 Å². The molecule has 0 atom stereocenters. The van der Waals surface area contributed by atoms with Crippen LogP contribution in [0.15, 0.2) is 30.3 Å². The van der Waals surface area contributed by atoms with Crippen LogP contribution in [0.1, 0.15) is 9.75 Å². The molecule has 1 heterocycles. The second kappa shape index (κ2) is 7.17. The minimum absolute atomic E-state index is 0.546. The van der Waals surface area contributed by atoms with Crippen molar-refractivity contribution < 1.29 is 14.2 Å². The predicted molar refractivity (Wildman–Crippen MR) is 81.0 cm³/mol. The third-order valence-corrected chi connectivity index (χ3v) is 3.83. The molecule has 0 aliphatic heterocycles. The monoisotopic (exact) mass is 293 g/mol. The van der Waals surface area contributed by atoms with Crippen molar-refractivity contribution in [2.75, 3.05) is 21.3 Å². The Balaban J connectivity index is 2.02. The molecule has 0 saturated carbocycles. The Bertz CT molecular complexity index is 532. The summed E-state index contributed by atoms with van der Waals surface area (Å²) in [6.07, 6.45) is 0. The van der Waals surface area contributed by atoms with Gasteiger partial charge < -0.3 is 19.5 Å². The fraction of sp³-hybridized carbons (Fsp3) is 0.333. The molecule has 1 aromatic carbocycles. The molecule has 5 heteroatoms. The summed E-state index contributed by atoms with van der Waals surface area (Å²) < 4.78 is 16.2. The molecule has 108 valence electrons.